The van der Waals surface area contributed by atoms with Crippen LogP contribution >= 0.6 is 0 Å². The van der Waals surface area contributed by atoms with Gasteiger partial charge < -0.3 is 115 Å². The van der Waals surface area contributed by atoms with Crippen LogP contribution in [0.15, 0.2) is 48.6 Å². The Balaban J connectivity index is 0.00000136. The number of rotatable bonds is 58. The van der Waals surface area contributed by atoms with Crippen molar-refractivity contribution in [2.75, 3.05) is 145 Å². The number of amides is 6. The van der Waals surface area contributed by atoms with Crippen LogP contribution in [0, 0.1) is 21.7 Å². The zero-order valence-corrected chi connectivity index (χ0v) is 83.9. The Hall–Kier alpha value is -6.56. The Morgan fingerprint density at radius 1 is 0.295 bits per heavy atom. The maximum absolute atomic E-state index is 12.8. The third-order valence-corrected chi connectivity index (χ3v) is 41.7. The lowest BCUT2D eigenvalue weighted by atomic mass is 9.62. The molecule has 0 aromatic heterocycles. The van der Waals surface area contributed by atoms with E-state index in [1.807, 2.05) is 0 Å². The van der Waals surface area contributed by atoms with Crippen molar-refractivity contribution in [3.63, 3.8) is 0 Å². The number of nitrogens with one attached hydrogen (secondary N) is 6. The van der Waals surface area contributed by atoms with Gasteiger partial charge in [0.05, 0.1) is 39.5 Å². The van der Waals surface area contributed by atoms with Gasteiger partial charge in [-0.2, -0.15) is 0 Å². The fourth-order valence-electron chi connectivity index (χ4n) is 15.0. The van der Waals surface area contributed by atoms with Gasteiger partial charge in [0.15, 0.2) is 33.3 Å². The quantitative estimate of drug-likeness (QED) is 0.0108. The third-order valence-electron chi connectivity index (χ3n) is 18.8. The molecule has 4 unspecified atom stereocenters. The molecule has 0 saturated heterocycles. The summed E-state index contributed by atoms with van der Waals surface area (Å²) < 4.78 is 101. The number of hydrogen-bond donors (Lipinski definition) is 6. The molecule has 6 amide bonds. The van der Waals surface area contributed by atoms with Crippen molar-refractivity contribution in [2.24, 2.45) is 21.7 Å². The smallest absolute Gasteiger partial charge is 0.407 e. The highest BCUT2D eigenvalue weighted by Crippen LogP contribution is 2.47. The topological polar surface area (TPSA) is 409 Å². The molecule has 0 heterocycles. The van der Waals surface area contributed by atoms with Crippen LogP contribution in [0.1, 0.15) is 133 Å². The average molecular weight is 1840 g/mol. The highest BCUT2D eigenvalue weighted by molar-refractivity contribution is 6.88. The molecule has 40 heteroatoms. The molecular weight excluding hydrogens is 1690 g/mol. The van der Waals surface area contributed by atoms with Crippen LogP contribution in [-0.4, -0.2) is 268 Å². The molecule has 0 spiro atoms. The van der Waals surface area contributed by atoms with Gasteiger partial charge in [0.2, 0.25) is 0 Å². The minimum atomic E-state index is -2.45. The number of carbonyl (C=O) groups excluding carboxylic acids is 10. The molecule has 2 aliphatic carbocycles. The van der Waals surface area contributed by atoms with Crippen molar-refractivity contribution in [3.05, 3.63) is 48.6 Å². The normalized spacial score (nSPS) is 17.7. The van der Waals surface area contributed by atoms with Crippen LogP contribution in [0.5, 0.6) is 0 Å². The van der Waals surface area contributed by atoms with Crippen molar-refractivity contribution in [1.82, 2.24) is 31.9 Å². The molecule has 2 rings (SSSR count). The largest absolute Gasteiger partial charge is 0.460 e. The minimum absolute atomic E-state index is 0.0422. The monoisotopic (exact) mass is 1840 g/mol. The summed E-state index contributed by atoms with van der Waals surface area (Å²) in [7, 11) is -13.0. The second kappa shape index (κ2) is 56.5. The van der Waals surface area contributed by atoms with E-state index < -0.39 is 111 Å². The second-order valence-electron chi connectivity index (χ2n) is 37.0. The number of hydrogen-bond acceptors (Lipinski definition) is 28. The first-order valence-corrected chi connectivity index (χ1v) is 60.5. The van der Waals surface area contributed by atoms with Gasteiger partial charge in [-0.1, -0.05) is 67.9 Å². The fraction of sp³-hybridized carbons (Fsp3) is 0.780. The molecule has 34 nitrogen and oxygen atoms in total. The molecule has 2 fully saturated rings. The van der Waals surface area contributed by atoms with Crippen LogP contribution in [0.3, 0.4) is 0 Å². The van der Waals surface area contributed by atoms with Gasteiger partial charge in [-0.15, -0.1) is 0 Å². The minimum Gasteiger partial charge on any atom is -0.460 e. The summed E-state index contributed by atoms with van der Waals surface area (Å²) in [5.74, 6) is -2.08. The summed E-state index contributed by atoms with van der Waals surface area (Å²) in [5, 5.41) is 16.7. The summed E-state index contributed by atoms with van der Waals surface area (Å²) in [5.41, 5.74) is 0.368. The first kappa shape index (κ1) is 113. The Morgan fingerprint density at radius 3 is 0.770 bits per heavy atom. The van der Waals surface area contributed by atoms with E-state index in [-0.39, 0.29) is 150 Å². The Bertz CT molecular complexity index is 3100. The van der Waals surface area contributed by atoms with Crippen molar-refractivity contribution < 1.29 is 131 Å². The van der Waals surface area contributed by atoms with E-state index in [9.17, 15) is 47.9 Å². The molecule has 122 heavy (non-hydrogen) atoms. The van der Waals surface area contributed by atoms with Gasteiger partial charge in [-0.25, -0.2) is 47.9 Å². The number of carbonyl (C=O) groups is 10. The molecule has 0 radical (unpaired) electrons. The fourth-order valence-corrected chi connectivity index (χ4v) is 43.0. The van der Waals surface area contributed by atoms with Crippen molar-refractivity contribution in [1.29, 1.82) is 0 Å². The van der Waals surface area contributed by atoms with Crippen LogP contribution in [0.2, 0.25) is 103 Å². The van der Waals surface area contributed by atoms with Crippen LogP contribution in [-0.2, 0) is 102 Å². The SMILES string of the molecule is C=C(C)C(=O)OCCNC(=O)OCCOCCC[Si](C)(C)O[Si](C)(C)O[Si](C)(C)CCCOCCOC(=O)NCCOC(=O)C(=C)C.C=C(C)C(=O)OCCOC(=O)NCC1(C)CC(NC(=O)OCCOCCC[Si](C)(C)O[Si](C)(C)O[Si](C)(C)CCCOCCOC(=O)NC2CC(C)(C)CC(C)(CNC(=O)OCCOC(=O)C(=C)C)C2)CC(C)(C)C1. The Labute approximate surface area is 733 Å². The molecule has 2 saturated carbocycles. The molecule has 0 aromatic rings. The molecular formula is C82H154N6O28Si6. The van der Waals surface area contributed by atoms with Gasteiger partial charge >= 0.3 is 77.6 Å². The Morgan fingerprint density at radius 2 is 0.516 bits per heavy atom. The highest BCUT2D eigenvalue weighted by atomic mass is 28.5. The van der Waals surface area contributed by atoms with E-state index in [1.54, 1.807) is 27.7 Å². The molecule has 0 aliphatic heterocycles. The van der Waals surface area contributed by atoms with E-state index >= 15 is 0 Å². The van der Waals surface area contributed by atoms with Crippen LogP contribution in [0.25, 0.3) is 0 Å². The zero-order chi connectivity index (χ0) is 92.7. The number of ether oxygens (including phenoxy) is 14. The van der Waals surface area contributed by atoms with Crippen molar-refractivity contribution >= 4 is 111 Å². The Kier molecular flexibility index (Phi) is 52.5. The highest BCUT2D eigenvalue weighted by Gasteiger charge is 2.45. The summed E-state index contributed by atoms with van der Waals surface area (Å²) in [6.45, 7) is 63.5. The van der Waals surface area contributed by atoms with Gasteiger partial charge in [-0.05, 0) is 216 Å². The molecule has 704 valence electrons. The lowest BCUT2D eigenvalue weighted by Crippen LogP contribution is -2.52. The zero-order valence-electron chi connectivity index (χ0n) is 77.9. The lowest BCUT2D eigenvalue weighted by Gasteiger charge is -2.46. The molecule has 0 aromatic carbocycles. The standard InChI is InChI=1S/C52H96N4O16Si3.C30H58N2O12Si3/c1-39(2)43(57)65-25-27-67-45(59)53-37-51(9)33-41(31-49(5,6)35-51)55-47(61)69-23-21-63-19-17-29-73(11,12)71-75(15,16)72-74(13,14)30-18-20-64-22-24-70-48(62)56-42-32-50(7,8)36-52(10,34-42)38-54-46(60)68-28-26-66-44(58)40(3)4;1-25(2)27(33)39-17-13-31-29(35)41-21-19-37-15-11-23-45(5,6)43-47(9,10)44-46(7,8)24-12-16-38-20-22-42-30(36)32-14-18-40-28(34)26(3)4/h41-42H,1,3,17-38H2,2,4-16H3,(H,53,59)(H,54,60)(H,55,61)(H,56,62);1,3,11-24H2,2,4-10H3,(H,31,35)(H,32,36). The number of esters is 4. The molecule has 2 aliphatic rings. The summed E-state index contributed by atoms with van der Waals surface area (Å²) in [6.07, 6.45) is 4.41. The van der Waals surface area contributed by atoms with E-state index in [1.165, 1.54) is 0 Å². The summed E-state index contributed by atoms with van der Waals surface area (Å²) in [4.78, 5) is 119. The van der Waals surface area contributed by atoms with Gasteiger partial charge in [0.1, 0.15) is 66.1 Å². The molecule has 6 N–H and O–H groups in total. The average Bonchev–Trinajstić information content (AvgIpc) is 0.801. The van der Waals surface area contributed by atoms with E-state index in [4.69, 9.17) is 82.8 Å². The lowest BCUT2D eigenvalue weighted by molar-refractivity contribution is -0.140. The second-order valence-corrected chi connectivity index (χ2v) is 61.9. The van der Waals surface area contributed by atoms with E-state index in [0.717, 1.165) is 75.5 Å². The van der Waals surface area contributed by atoms with Crippen LogP contribution in [0.4, 0.5) is 28.8 Å². The number of alkyl carbamates (subject to hydrolysis) is 6. The van der Waals surface area contributed by atoms with Crippen molar-refractivity contribution in [3.8, 4) is 0 Å². The van der Waals surface area contributed by atoms with Gasteiger partial charge in [0, 0.05) is 73.9 Å². The first-order valence-electron chi connectivity index (χ1n) is 42.4. The van der Waals surface area contributed by atoms with Crippen LogP contribution < -0.4 is 31.9 Å². The van der Waals surface area contributed by atoms with Crippen molar-refractivity contribution in [2.45, 2.75) is 248 Å². The maximum Gasteiger partial charge on any atom is 0.407 e. The van der Waals surface area contributed by atoms with E-state index in [2.05, 4.69) is 178 Å². The predicted octanol–water partition coefficient (Wildman–Crippen LogP) is 13.9. The maximum atomic E-state index is 12.8. The predicted molar refractivity (Wildman–Crippen MR) is 479 cm³/mol. The first-order chi connectivity index (χ1) is 56.5. The molecule has 4 atom stereocenters. The third kappa shape index (κ3) is 57.9. The summed E-state index contributed by atoms with van der Waals surface area (Å²) >= 11 is 0. The van der Waals surface area contributed by atoms with Gasteiger partial charge in [0.25, 0.3) is 0 Å². The molecule has 0 bridgehead atoms. The van der Waals surface area contributed by atoms with E-state index in [0.29, 0.717) is 63.5 Å². The van der Waals surface area contributed by atoms with Gasteiger partial charge in [-0.3, -0.25) is 0 Å². The summed E-state index contributed by atoms with van der Waals surface area (Å²) in [6, 6.07) is 3.33.